The lowest BCUT2D eigenvalue weighted by molar-refractivity contribution is -0.128. The van der Waals surface area contributed by atoms with Crippen molar-refractivity contribution in [1.82, 2.24) is 10.2 Å². The number of nitrogens with one attached hydrogen (secondary N) is 1. The first-order chi connectivity index (χ1) is 6.57. The van der Waals surface area contributed by atoms with Crippen molar-refractivity contribution >= 4 is 5.91 Å². The maximum absolute atomic E-state index is 11.1. The molecular weight excluding hydrogens is 180 g/mol. The van der Waals surface area contributed by atoms with E-state index in [0.29, 0.717) is 19.5 Å². The number of aliphatic hydroxyl groups is 1. The Bertz CT molecular complexity index is 160. The first-order valence-corrected chi connectivity index (χ1v) is 5.16. The maximum Gasteiger partial charge on any atom is 0.223 e. The van der Waals surface area contributed by atoms with Crippen LogP contribution in [0.5, 0.6) is 0 Å². The summed E-state index contributed by atoms with van der Waals surface area (Å²) < 4.78 is 0. The topological polar surface area (TPSA) is 52.6 Å². The van der Waals surface area contributed by atoms with E-state index in [4.69, 9.17) is 0 Å². The van der Waals surface area contributed by atoms with Crippen LogP contribution in [0.4, 0.5) is 0 Å². The van der Waals surface area contributed by atoms with Crippen molar-refractivity contribution < 1.29 is 9.90 Å². The zero-order chi connectivity index (χ0) is 11.0. The van der Waals surface area contributed by atoms with Crippen LogP contribution in [0.1, 0.15) is 26.2 Å². The highest BCUT2D eigenvalue weighted by Gasteiger charge is 2.04. The minimum atomic E-state index is -0.283. The molecule has 0 heterocycles. The molecule has 0 radical (unpaired) electrons. The number of carbonyl (C=O) groups excluding carboxylic acids is 1. The fourth-order valence-electron chi connectivity index (χ4n) is 1.12. The Morgan fingerprint density at radius 3 is 2.64 bits per heavy atom. The van der Waals surface area contributed by atoms with E-state index < -0.39 is 0 Å². The second-order valence-corrected chi connectivity index (χ2v) is 3.68. The van der Waals surface area contributed by atoms with Gasteiger partial charge in [0.1, 0.15) is 0 Å². The summed E-state index contributed by atoms with van der Waals surface area (Å²) in [5, 5.41) is 12.4. The van der Waals surface area contributed by atoms with Gasteiger partial charge in [0, 0.05) is 33.6 Å². The molecule has 1 amide bonds. The molecule has 4 heteroatoms. The first kappa shape index (κ1) is 13.4. The van der Waals surface area contributed by atoms with Gasteiger partial charge < -0.3 is 15.3 Å². The highest BCUT2D eigenvalue weighted by Crippen LogP contribution is 1.93. The standard InChI is InChI=1S/C10H22N2O2/c1-4-5-9(13)8-11-7-6-10(14)12(2)3/h9,11,13H,4-8H2,1-3H3. The molecule has 0 aromatic heterocycles. The zero-order valence-corrected chi connectivity index (χ0v) is 9.42. The lowest BCUT2D eigenvalue weighted by Crippen LogP contribution is -2.31. The van der Waals surface area contributed by atoms with Crippen molar-refractivity contribution in [1.29, 1.82) is 0 Å². The fraction of sp³-hybridized carbons (Fsp3) is 0.900. The van der Waals surface area contributed by atoms with E-state index in [1.807, 2.05) is 6.92 Å². The Balaban J connectivity index is 3.33. The van der Waals surface area contributed by atoms with Crippen molar-refractivity contribution in [3.05, 3.63) is 0 Å². The molecule has 0 bridgehead atoms. The Kier molecular flexibility index (Phi) is 7.42. The number of hydrogen-bond acceptors (Lipinski definition) is 3. The molecule has 4 nitrogen and oxygen atoms in total. The van der Waals surface area contributed by atoms with Crippen LogP contribution in [-0.2, 0) is 4.79 Å². The second-order valence-electron chi connectivity index (χ2n) is 3.68. The minimum Gasteiger partial charge on any atom is -0.392 e. The molecule has 0 aromatic rings. The van der Waals surface area contributed by atoms with Gasteiger partial charge in [-0.3, -0.25) is 4.79 Å². The number of nitrogens with zero attached hydrogens (tertiary/aromatic N) is 1. The fourth-order valence-corrected chi connectivity index (χ4v) is 1.12. The monoisotopic (exact) mass is 202 g/mol. The van der Waals surface area contributed by atoms with Crippen LogP contribution < -0.4 is 5.32 Å². The molecule has 14 heavy (non-hydrogen) atoms. The summed E-state index contributed by atoms with van der Waals surface area (Å²) in [7, 11) is 3.49. The molecule has 1 unspecified atom stereocenters. The molecule has 0 aliphatic heterocycles. The van der Waals surface area contributed by atoms with Crippen molar-refractivity contribution in [2.75, 3.05) is 27.2 Å². The van der Waals surface area contributed by atoms with Crippen LogP contribution >= 0.6 is 0 Å². The summed E-state index contributed by atoms with van der Waals surface area (Å²) in [5.41, 5.74) is 0. The highest BCUT2D eigenvalue weighted by molar-refractivity contribution is 5.75. The predicted molar refractivity (Wildman–Crippen MR) is 57.1 cm³/mol. The number of aliphatic hydroxyl groups excluding tert-OH is 1. The van der Waals surface area contributed by atoms with Gasteiger partial charge in [-0.15, -0.1) is 0 Å². The molecule has 0 rings (SSSR count). The summed E-state index contributed by atoms with van der Waals surface area (Å²) in [6, 6.07) is 0. The van der Waals surface area contributed by atoms with E-state index >= 15 is 0 Å². The average Bonchev–Trinajstić information content (AvgIpc) is 2.12. The minimum absolute atomic E-state index is 0.113. The van der Waals surface area contributed by atoms with Gasteiger partial charge in [0.15, 0.2) is 0 Å². The van der Waals surface area contributed by atoms with Crippen LogP contribution in [0.2, 0.25) is 0 Å². The van der Waals surface area contributed by atoms with Gasteiger partial charge >= 0.3 is 0 Å². The van der Waals surface area contributed by atoms with Gasteiger partial charge in [0.05, 0.1) is 6.10 Å². The molecule has 0 fully saturated rings. The van der Waals surface area contributed by atoms with E-state index in [1.165, 1.54) is 0 Å². The van der Waals surface area contributed by atoms with E-state index in [0.717, 1.165) is 12.8 Å². The van der Waals surface area contributed by atoms with Crippen molar-refractivity contribution in [3.63, 3.8) is 0 Å². The molecule has 0 aliphatic rings. The van der Waals surface area contributed by atoms with Gasteiger partial charge in [-0.05, 0) is 6.42 Å². The first-order valence-electron chi connectivity index (χ1n) is 5.16. The van der Waals surface area contributed by atoms with Gasteiger partial charge in [-0.25, -0.2) is 0 Å². The average molecular weight is 202 g/mol. The van der Waals surface area contributed by atoms with E-state index in [1.54, 1.807) is 19.0 Å². The summed E-state index contributed by atoms with van der Waals surface area (Å²) in [4.78, 5) is 12.7. The number of hydrogen-bond donors (Lipinski definition) is 2. The quantitative estimate of drug-likeness (QED) is 0.580. The largest absolute Gasteiger partial charge is 0.392 e. The van der Waals surface area contributed by atoms with Crippen molar-refractivity contribution in [2.24, 2.45) is 0 Å². The third-order valence-electron chi connectivity index (χ3n) is 2.02. The molecule has 1 atom stereocenters. The van der Waals surface area contributed by atoms with Gasteiger partial charge in [0.25, 0.3) is 0 Å². The molecule has 0 aromatic carbocycles. The molecule has 2 N–H and O–H groups in total. The molecular formula is C10H22N2O2. The molecule has 0 aliphatic carbocycles. The van der Waals surface area contributed by atoms with Crippen LogP contribution in [0.15, 0.2) is 0 Å². The Morgan fingerprint density at radius 1 is 1.50 bits per heavy atom. The number of rotatable bonds is 7. The van der Waals surface area contributed by atoms with Gasteiger partial charge in [0.2, 0.25) is 5.91 Å². The lowest BCUT2D eigenvalue weighted by Gasteiger charge is -2.12. The normalized spacial score (nSPS) is 12.6. The summed E-state index contributed by atoms with van der Waals surface area (Å²) in [6.45, 7) is 3.26. The zero-order valence-electron chi connectivity index (χ0n) is 9.42. The number of amides is 1. The summed E-state index contributed by atoms with van der Waals surface area (Å²) in [6.07, 6.45) is 2.01. The van der Waals surface area contributed by atoms with Crippen LogP contribution in [0.3, 0.4) is 0 Å². The second kappa shape index (κ2) is 7.76. The van der Waals surface area contributed by atoms with E-state index in [-0.39, 0.29) is 12.0 Å². The maximum atomic E-state index is 11.1. The summed E-state index contributed by atoms with van der Waals surface area (Å²) in [5.74, 6) is 0.113. The number of carbonyl (C=O) groups is 1. The third kappa shape index (κ3) is 6.86. The van der Waals surface area contributed by atoms with Crippen LogP contribution in [0, 0.1) is 0 Å². The molecule has 84 valence electrons. The third-order valence-corrected chi connectivity index (χ3v) is 2.02. The molecule has 0 saturated heterocycles. The highest BCUT2D eigenvalue weighted by atomic mass is 16.3. The molecule has 0 saturated carbocycles. The van der Waals surface area contributed by atoms with E-state index in [9.17, 15) is 9.90 Å². The van der Waals surface area contributed by atoms with Crippen molar-refractivity contribution in [3.8, 4) is 0 Å². The van der Waals surface area contributed by atoms with Crippen molar-refractivity contribution in [2.45, 2.75) is 32.3 Å². The summed E-state index contributed by atoms with van der Waals surface area (Å²) >= 11 is 0. The Morgan fingerprint density at radius 2 is 2.14 bits per heavy atom. The van der Waals surface area contributed by atoms with Gasteiger partial charge in [-0.2, -0.15) is 0 Å². The van der Waals surface area contributed by atoms with E-state index in [2.05, 4.69) is 5.32 Å². The SMILES string of the molecule is CCCC(O)CNCCC(=O)N(C)C. The smallest absolute Gasteiger partial charge is 0.223 e. The molecule has 0 spiro atoms. The predicted octanol–water partition coefficient (Wildman–Crippen LogP) is 0.215. The Labute approximate surface area is 86.3 Å². The van der Waals surface area contributed by atoms with Crippen LogP contribution in [-0.4, -0.2) is 49.2 Å². The Hall–Kier alpha value is -0.610. The van der Waals surface area contributed by atoms with Gasteiger partial charge in [-0.1, -0.05) is 13.3 Å². The van der Waals surface area contributed by atoms with Crippen LogP contribution in [0.25, 0.3) is 0 Å². The lowest BCUT2D eigenvalue weighted by atomic mass is 10.2.